The Bertz CT molecular complexity index is 1170. The molecule has 4 aromatic rings. The Labute approximate surface area is 225 Å². The summed E-state index contributed by atoms with van der Waals surface area (Å²) in [5, 5.41) is 0.952. The molecule has 0 bridgehead atoms. The molecule has 0 saturated heterocycles. The zero-order valence-corrected chi connectivity index (χ0v) is 23.1. The molecule has 0 amide bonds. The quantitative estimate of drug-likeness (QED) is 0.155. The molecule has 0 aliphatic carbocycles. The van der Waals surface area contributed by atoms with E-state index in [9.17, 15) is 0 Å². The van der Waals surface area contributed by atoms with E-state index >= 15 is 0 Å². The van der Waals surface area contributed by atoms with E-state index in [0.29, 0.717) is 6.61 Å². The van der Waals surface area contributed by atoms with Gasteiger partial charge in [0.15, 0.2) is 0 Å². The van der Waals surface area contributed by atoms with Gasteiger partial charge in [0, 0.05) is 11.9 Å². The highest BCUT2D eigenvalue weighted by Gasteiger charge is 2.13. The molecule has 186 valence electrons. The summed E-state index contributed by atoms with van der Waals surface area (Å²) in [7, 11) is 4.11. The van der Waals surface area contributed by atoms with E-state index in [2.05, 4.69) is 139 Å². The van der Waals surface area contributed by atoms with Gasteiger partial charge < -0.3 is 9.64 Å². The summed E-state index contributed by atoms with van der Waals surface area (Å²) >= 11 is 3.36. The Morgan fingerprint density at radius 1 is 0.667 bits per heavy atom. The van der Waals surface area contributed by atoms with Gasteiger partial charge in [0.25, 0.3) is 0 Å². The van der Waals surface area contributed by atoms with Crippen molar-refractivity contribution >= 4 is 27.1 Å². The fourth-order valence-corrected chi connectivity index (χ4v) is 4.29. The molecule has 0 radical (unpaired) electrons. The summed E-state index contributed by atoms with van der Waals surface area (Å²) in [5.41, 5.74) is 7.70. The lowest BCUT2D eigenvalue weighted by atomic mass is 9.88. The summed E-state index contributed by atoms with van der Waals surface area (Å²) in [4.78, 5) is 2.12. The van der Waals surface area contributed by atoms with Crippen molar-refractivity contribution in [2.75, 3.05) is 27.2 Å². The molecule has 0 spiro atoms. The lowest BCUT2D eigenvalue weighted by molar-refractivity contribution is 0.261. The van der Waals surface area contributed by atoms with Gasteiger partial charge in [0.05, 0.1) is 0 Å². The normalized spacial score (nSPS) is 11.4. The van der Waals surface area contributed by atoms with Crippen LogP contribution in [0.2, 0.25) is 0 Å². The maximum atomic E-state index is 5.87. The first kappa shape index (κ1) is 27.4. The van der Waals surface area contributed by atoms with Crippen LogP contribution in [0.5, 0.6) is 5.75 Å². The highest BCUT2D eigenvalue weighted by atomic mass is 79.9. The summed E-state index contributed by atoms with van der Waals surface area (Å²) in [6.45, 7) is 3.83. The topological polar surface area (TPSA) is 12.5 Å². The number of ether oxygens (including phenoxy) is 1. The van der Waals surface area contributed by atoms with Crippen molar-refractivity contribution in [2.45, 2.75) is 18.7 Å². The molecule has 4 rings (SSSR count). The second kappa shape index (κ2) is 15.1. The average molecular weight is 543 g/mol. The highest BCUT2D eigenvalue weighted by Crippen LogP contribution is 2.34. The van der Waals surface area contributed by atoms with E-state index in [0.717, 1.165) is 24.0 Å². The van der Waals surface area contributed by atoms with Crippen LogP contribution in [0.15, 0.2) is 115 Å². The minimum atomic E-state index is 0.692. The predicted molar refractivity (Wildman–Crippen MR) is 159 cm³/mol. The van der Waals surface area contributed by atoms with Crippen molar-refractivity contribution in [1.29, 1.82) is 0 Å². The van der Waals surface area contributed by atoms with E-state index in [1.807, 2.05) is 18.2 Å². The van der Waals surface area contributed by atoms with Crippen molar-refractivity contribution in [1.82, 2.24) is 4.90 Å². The summed E-state index contributed by atoms with van der Waals surface area (Å²) in [6.07, 6.45) is 0.968. The number of benzene rings is 4. The summed E-state index contributed by atoms with van der Waals surface area (Å²) in [5.74, 6) is 0.913. The van der Waals surface area contributed by atoms with Gasteiger partial charge in [0.2, 0.25) is 0 Å². The Morgan fingerprint density at radius 3 is 1.64 bits per heavy atom. The molecule has 0 aliphatic rings. The van der Waals surface area contributed by atoms with Gasteiger partial charge in [-0.1, -0.05) is 126 Å². The predicted octanol–water partition coefficient (Wildman–Crippen LogP) is 8.58. The van der Waals surface area contributed by atoms with E-state index in [4.69, 9.17) is 4.74 Å². The molecular formula is C33H36BrNO. The summed E-state index contributed by atoms with van der Waals surface area (Å²) in [6, 6.07) is 40.1. The monoisotopic (exact) mass is 541 g/mol. The van der Waals surface area contributed by atoms with Crippen LogP contribution in [0.4, 0.5) is 0 Å². The van der Waals surface area contributed by atoms with Gasteiger partial charge in [-0.15, -0.1) is 0 Å². The van der Waals surface area contributed by atoms with E-state index in [1.165, 1.54) is 33.4 Å². The largest absolute Gasteiger partial charge is 0.492 e. The van der Waals surface area contributed by atoms with E-state index in [-0.39, 0.29) is 0 Å². The Balaban J connectivity index is 0.000000383. The second-order valence-electron chi connectivity index (χ2n) is 8.73. The second-order valence-corrected chi connectivity index (χ2v) is 9.30. The molecule has 0 heterocycles. The zero-order valence-electron chi connectivity index (χ0n) is 21.5. The van der Waals surface area contributed by atoms with E-state index in [1.54, 1.807) is 0 Å². The molecular weight excluding hydrogens is 506 g/mol. The number of rotatable bonds is 9. The van der Waals surface area contributed by atoms with Gasteiger partial charge in [-0.3, -0.25) is 0 Å². The fraction of sp³-hybridized carbons (Fsp3) is 0.212. The number of hydrogen-bond acceptors (Lipinski definition) is 2. The third kappa shape index (κ3) is 8.51. The first-order valence-corrected chi connectivity index (χ1v) is 13.6. The maximum absolute atomic E-state index is 5.87. The minimum Gasteiger partial charge on any atom is -0.492 e. The lowest BCUT2D eigenvalue weighted by Crippen LogP contribution is -2.19. The Hall–Kier alpha value is -3.14. The van der Waals surface area contributed by atoms with Crippen molar-refractivity contribution in [3.63, 3.8) is 0 Å². The number of hydrogen-bond donors (Lipinski definition) is 0. The van der Waals surface area contributed by atoms with Crippen LogP contribution < -0.4 is 4.74 Å². The van der Waals surface area contributed by atoms with Crippen LogP contribution in [0.3, 0.4) is 0 Å². The zero-order chi connectivity index (χ0) is 25.6. The maximum Gasteiger partial charge on any atom is 0.119 e. The van der Waals surface area contributed by atoms with Gasteiger partial charge in [0.1, 0.15) is 12.4 Å². The van der Waals surface area contributed by atoms with Gasteiger partial charge in [-0.05, 0) is 66.0 Å². The van der Waals surface area contributed by atoms with Crippen molar-refractivity contribution in [2.24, 2.45) is 0 Å². The standard InChI is InChI=1S/C26H29NO.C7H7Br/c1-4-25(21-11-7-5-8-12-21)26(22-13-9-6-10-14-22)23-15-17-24(18-16-23)28-20-19-27(2)3;8-6-7-4-2-1-3-5-7/h5-18H,4,19-20H2,1-3H3;1-5H,6H2. The van der Waals surface area contributed by atoms with E-state index < -0.39 is 0 Å². The molecule has 0 saturated carbocycles. The number of halogens is 1. The van der Waals surface area contributed by atoms with Crippen LogP contribution >= 0.6 is 15.9 Å². The molecule has 2 nitrogen and oxygen atoms in total. The first-order valence-electron chi connectivity index (χ1n) is 12.4. The van der Waals surface area contributed by atoms with Crippen LogP contribution in [-0.2, 0) is 5.33 Å². The molecule has 36 heavy (non-hydrogen) atoms. The highest BCUT2D eigenvalue weighted by molar-refractivity contribution is 9.08. The van der Waals surface area contributed by atoms with Gasteiger partial charge >= 0.3 is 0 Å². The smallest absolute Gasteiger partial charge is 0.119 e. The molecule has 3 heteroatoms. The SMILES string of the molecule is BrCc1ccccc1.CCC(=C(c1ccccc1)c1ccc(OCCN(C)C)cc1)c1ccccc1. The van der Waals surface area contributed by atoms with Crippen molar-refractivity contribution in [3.8, 4) is 5.75 Å². The molecule has 0 N–H and O–H groups in total. The number of likely N-dealkylation sites (N-methyl/N-ethyl adjacent to an activating group) is 1. The van der Waals surface area contributed by atoms with Crippen molar-refractivity contribution in [3.05, 3.63) is 138 Å². The Kier molecular flexibility index (Phi) is 11.5. The molecule has 0 aromatic heterocycles. The molecule has 0 unspecified atom stereocenters. The third-order valence-corrected chi connectivity index (χ3v) is 6.43. The van der Waals surface area contributed by atoms with Gasteiger partial charge in [-0.2, -0.15) is 0 Å². The molecule has 0 fully saturated rings. The van der Waals surface area contributed by atoms with Crippen LogP contribution in [0.25, 0.3) is 11.1 Å². The Morgan fingerprint density at radius 2 is 1.17 bits per heavy atom. The third-order valence-electron chi connectivity index (χ3n) is 5.79. The summed E-state index contributed by atoms with van der Waals surface area (Å²) < 4.78 is 5.87. The molecule has 4 aromatic carbocycles. The van der Waals surface area contributed by atoms with Crippen LogP contribution in [0, 0.1) is 0 Å². The number of nitrogens with zero attached hydrogens (tertiary/aromatic N) is 1. The number of allylic oxidation sites excluding steroid dienone is 1. The minimum absolute atomic E-state index is 0.692. The van der Waals surface area contributed by atoms with Crippen molar-refractivity contribution < 1.29 is 4.74 Å². The fourth-order valence-electron chi connectivity index (χ4n) is 3.92. The van der Waals surface area contributed by atoms with Gasteiger partial charge in [-0.25, -0.2) is 0 Å². The number of alkyl halides is 1. The lowest BCUT2D eigenvalue weighted by Gasteiger charge is -2.17. The molecule has 0 atom stereocenters. The van der Waals surface area contributed by atoms with Crippen LogP contribution in [-0.4, -0.2) is 32.1 Å². The first-order chi connectivity index (χ1) is 17.6. The van der Waals surface area contributed by atoms with Crippen LogP contribution in [0.1, 0.15) is 35.6 Å². The molecule has 0 aliphatic heterocycles. The average Bonchev–Trinajstić information content (AvgIpc) is 2.94.